The fourth-order valence-electron chi connectivity index (χ4n) is 4.41. The summed E-state index contributed by atoms with van der Waals surface area (Å²) in [7, 11) is 0. The van der Waals surface area contributed by atoms with Crippen molar-refractivity contribution in [2.24, 2.45) is 0 Å². The lowest BCUT2D eigenvalue weighted by Gasteiger charge is -2.38. The van der Waals surface area contributed by atoms with E-state index in [1.165, 1.54) is 0 Å². The standard InChI is InChI=1S/C22H25ClF3NO5/c1-4-30-20(29)32-18-17(16-12(2)9-14(23)10-13(16)3)19(28)27-21(18)7-5-15(6-8-21)31-11-22(24,25)26/h9-10,15H,4-8,11H2,1-3H3,(H,27,28). The van der Waals surface area contributed by atoms with Crippen molar-refractivity contribution in [3.63, 3.8) is 0 Å². The molecule has 1 fully saturated rings. The molecule has 1 aliphatic carbocycles. The van der Waals surface area contributed by atoms with Gasteiger partial charge < -0.3 is 19.5 Å². The average Bonchev–Trinajstić information content (AvgIpc) is 2.92. The summed E-state index contributed by atoms with van der Waals surface area (Å²) in [6.07, 6.45) is -4.93. The number of benzene rings is 1. The minimum Gasteiger partial charge on any atom is -0.434 e. The smallest absolute Gasteiger partial charge is 0.434 e. The number of aryl methyl sites for hydroxylation is 2. The van der Waals surface area contributed by atoms with Crippen LogP contribution in [0.1, 0.15) is 49.3 Å². The molecule has 1 N–H and O–H groups in total. The molecule has 0 bridgehead atoms. The number of hydrogen-bond acceptors (Lipinski definition) is 5. The molecule has 1 aromatic carbocycles. The molecule has 0 saturated heterocycles. The molecule has 1 heterocycles. The van der Waals surface area contributed by atoms with Crippen LogP contribution in [0.15, 0.2) is 17.9 Å². The normalized spacial score (nSPS) is 23.5. The van der Waals surface area contributed by atoms with Gasteiger partial charge in [0.25, 0.3) is 5.91 Å². The zero-order valence-corrected chi connectivity index (χ0v) is 18.8. The SMILES string of the molecule is CCOC(=O)OC1=C(c2c(C)cc(Cl)cc2C)C(=O)NC12CCC(OCC(F)(F)F)CC2. The molecule has 1 saturated carbocycles. The first-order valence-electron chi connectivity index (χ1n) is 10.3. The number of carbonyl (C=O) groups excluding carboxylic acids is 2. The maximum Gasteiger partial charge on any atom is 0.513 e. The van der Waals surface area contributed by atoms with Crippen molar-refractivity contribution >= 4 is 29.2 Å². The molecule has 176 valence electrons. The molecule has 2 aliphatic rings. The second kappa shape index (κ2) is 9.31. The molecule has 0 aromatic heterocycles. The zero-order chi connectivity index (χ0) is 23.7. The molecule has 0 unspecified atom stereocenters. The number of carbonyl (C=O) groups is 2. The molecular weight excluding hydrogens is 451 g/mol. The highest BCUT2D eigenvalue weighted by Crippen LogP contribution is 2.45. The third-order valence-corrected chi connectivity index (χ3v) is 5.92. The van der Waals surface area contributed by atoms with Gasteiger partial charge in [0.2, 0.25) is 0 Å². The Morgan fingerprint density at radius 1 is 1.22 bits per heavy atom. The number of hydrogen-bond donors (Lipinski definition) is 1. The molecule has 1 spiro atoms. The number of alkyl halides is 3. The Hall–Kier alpha value is -2.26. The van der Waals surface area contributed by atoms with E-state index in [1.807, 2.05) is 0 Å². The first kappa shape index (κ1) is 24.4. The third kappa shape index (κ3) is 5.20. The lowest BCUT2D eigenvalue weighted by molar-refractivity contribution is -0.189. The molecule has 1 amide bonds. The number of rotatable bonds is 5. The second-order valence-corrected chi connectivity index (χ2v) is 8.50. The van der Waals surface area contributed by atoms with Crippen LogP contribution in [0.2, 0.25) is 5.02 Å². The Labute approximate surface area is 189 Å². The molecule has 10 heteroatoms. The van der Waals surface area contributed by atoms with Gasteiger partial charge in [-0.05, 0) is 75.3 Å². The van der Waals surface area contributed by atoms with E-state index in [2.05, 4.69) is 5.32 Å². The van der Waals surface area contributed by atoms with Crippen LogP contribution in [0.4, 0.5) is 18.0 Å². The number of nitrogens with one attached hydrogen (secondary N) is 1. The predicted octanol–water partition coefficient (Wildman–Crippen LogP) is 5.23. The highest BCUT2D eigenvalue weighted by atomic mass is 35.5. The minimum atomic E-state index is -4.41. The summed E-state index contributed by atoms with van der Waals surface area (Å²) in [4.78, 5) is 25.3. The van der Waals surface area contributed by atoms with Gasteiger partial charge in [0, 0.05) is 5.02 Å². The average molecular weight is 476 g/mol. The highest BCUT2D eigenvalue weighted by Gasteiger charge is 2.51. The first-order valence-corrected chi connectivity index (χ1v) is 10.7. The van der Waals surface area contributed by atoms with E-state index in [0.29, 0.717) is 10.6 Å². The molecule has 32 heavy (non-hydrogen) atoms. The van der Waals surface area contributed by atoms with Gasteiger partial charge in [-0.15, -0.1) is 0 Å². The summed E-state index contributed by atoms with van der Waals surface area (Å²) in [5.74, 6) is -0.295. The van der Waals surface area contributed by atoms with Crippen LogP contribution in [0.25, 0.3) is 5.57 Å². The van der Waals surface area contributed by atoms with Crippen LogP contribution >= 0.6 is 11.6 Å². The Balaban J connectivity index is 1.97. The highest BCUT2D eigenvalue weighted by molar-refractivity contribution is 6.31. The molecule has 0 atom stereocenters. The van der Waals surface area contributed by atoms with Gasteiger partial charge in [-0.3, -0.25) is 4.79 Å². The van der Waals surface area contributed by atoms with Crippen LogP contribution < -0.4 is 5.32 Å². The summed E-state index contributed by atoms with van der Waals surface area (Å²) < 4.78 is 53.0. The van der Waals surface area contributed by atoms with Gasteiger partial charge in [-0.1, -0.05) is 11.6 Å². The van der Waals surface area contributed by atoms with E-state index < -0.39 is 36.5 Å². The molecule has 1 aliphatic heterocycles. The van der Waals surface area contributed by atoms with Crippen molar-refractivity contribution in [3.05, 3.63) is 39.6 Å². The minimum absolute atomic E-state index is 0.0855. The lowest BCUT2D eigenvalue weighted by Crippen LogP contribution is -2.49. The van der Waals surface area contributed by atoms with E-state index >= 15 is 0 Å². The maximum atomic E-state index is 13.1. The lowest BCUT2D eigenvalue weighted by atomic mass is 9.79. The van der Waals surface area contributed by atoms with Gasteiger partial charge in [0.05, 0.1) is 23.8 Å². The van der Waals surface area contributed by atoms with E-state index in [1.54, 1.807) is 32.9 Å². The Morgan fingerprint density at radius 3 is 2.34 bits per heavy atom. The fourth-order valence-corrected chi connectivity index (χ4v) is 4.73. The van der Waals surface area contributed by atoms with Gasteiger partial charge in [-0.25, -0.2) is 4.79 Å². The number of halogens is 4. The van der Waals surface area contributed by atoms with Gasteiger partial charge in [-0.2, -0.15) is 13.2 Å². The van der Waals surface area contributed by atoms with E-state index in [9.17, 15) is 22.8 Å². The van der Waals surface area contributed by atoms with Crippen molar-refractivity contribution in [3.8, 4) is 0 Å². The number of amides is 1. The second-order valence-electron chi connectivity index (χ2n) is 8.07. The summed E-state index contributed by atoms with van der Waals surface area (Å²) >= 11 is 6.13. The summed E-state index contributed by atoms with van der Waals surface area (Å²) in [6.45, 7) is 3.98. The monoisotopic (exact) mass is 475 g/mol. The fraction of sp³-hybridized carbons (Fsp3) is 0.545. The molecule has 1 aromatic rings. The third-order valence-electron chi connectivity index (χ3n) is 5.71. The molecular formula is C22H25ClF3NO5. The van der Waals surface area contributed by atoms with Gasteiger partial charge in [0.1, 0.15) is 12.4 Å². The van der Waals surface area contributed by atoms with Crippen LogP contribution in [0, 0.1) is 13.8 Å². The van der Waals surface area contributed by atoms with Crippen molar-refractivity contribution in [1.29, 1.82) is 0 Å². The largest absolute Gasteiger partial charge is 0.513 e. The van der Waals surface area contributed by atoms with Gasteiger partial charge >= 0.3 is 12.3 Å². The van der Waals surface area contributed by atoms with Crippen LogP contribution in [-0.4, -0.2) is 43.1 Å². The van der Waals surface area contributed by atoms with Crippen LogP contribution in [-0.2, 0) is 19.0 Å². The first-order chi connectivity index (χ1) is 15.0. The molecule has 6 nitrogen and oxygen atoms in total. The quantitative estimate of drug-likeness (QED) is 0.590. The number of ether oxygens (including phenoxy) is 3. The molecule has 3 rings (SSSR count). The van der Waals surface area contributed by atoms with Crippen molar-refractivity contribution in [1.82, 2.24) is 5.32 Å². The topological polar surface area (TPSA) is 73.9 Å². The summed E-state index contributed by atoms with van der Waals surface area (Å²) in [5, 5.41) is 3.43. The maximum absolute atomic E-state index is 13.1. The van der Waals surface area contributed by atoms with E-state index in [-0.39, 0.29) is 43.6 Å². The van der Waals surface area contributed by atoms with Gasteiger partial charge in [0.15, 0.2) is 0 Å². The zero-order valence-electron chi connectivity index (χ0n) is 18.0. The van der Waals surface area contributed by atoms with Crippen molar-refractivity contribution in [2.75, 3.05) is 13.2 Å². The summed E-state index contributed by atoms with van der Waals surface area (Å²) in [6, 6.07) is 3.41. The Morgan fingerprint density at radius 2 is 1.81 bits per heavy atom. The Bertz CT molecular complexity index is 913. The van der Waals surface area contributed by atoms with Crippen molar-refractivity contribution in [2.45, 2.75) is 64.3 Å². The van der Waals surface area contributed by atoms with E-state index in [0.717, 1.165) is 11.1 Å². The predicted molar refractivity (Wildman–Crippen MR) is 111 cm³/mol. The van der Waals surface area contributed by atoms with Crippen LogP contribution in [0.3, 0.4) is 0 Å². The summed E-state index contributed by atoms with van der Waals surface area (Å²) in [5.41, 5.74) is 1.22. The van der Waals surface area contributed by atoms with Crippen molar-refractivity contribution < 1.29 is 37.0 Å². The van der Waals surface area contributed by atoms with Crippen LogP contribution in [0.5, 0.6) is 0 Å². The Kier molecular flexibility index (Phi) is 7.09. The molecule has 0 radical (unpaired) electrons. The van der Waals surface area contributed by atoms with E-state index in [4.69, 9.17) is 25.8 Å².